The fraction of sp³-hybridized carbons (Fsp3) is 0.533. The molecule has 112 valence electrons. The smallest absolute Gasteiger partial charge is 0.238 e. The minimum absolute atomic E-state index is 0.00484. The van der Waals surface area contributed by atoms with Gasteiger partial charge in [0.2, 0.25) is 5.91 Å². The van der Waals surface area contributed by atoms with Gasteiger partial charge in [-0.05, 0) is 71.3 Å². The highest BCUT2D eigenvalue weighted by molar-refractivity contribution is 5.93. The minimum atomic E-state index is 0.00484. The molecule has 1 rings (SSSR count). The van der Waals surface area contributed by atoms with E-state index in [1.54, 1.807) is 6.07 Å². The Kier molecular flexibility index (Phi) is 6.48. The summed E-state index contributed by atoms with van der Waals surface area (Å²) in [6.07, 6.45) is 1.05. The van der Waals surface area contributed by atoms with Crippen LogP contribution < -0.4 is 11.1 Å². The normalized spacial score (nSPS) is 11.1. The number of nitrogen functional groups attached to an aromatic ring is 1. The van der Waals surface area contributed by atoms with Gasteiger partial charge in [-0.25, -0.2) is 0 Å². The Morgan fingerprint density at radius 2 is 1.95 bits per heavy atom. The van der Waals surface area contributed by atoms with E-state index in [0.29, 0.717) is 12.2 Å². The molecule has 0 aliphatic carbocycles. The second kappa shape index (κ2) is 7.87. The summed E-state index contributed by atoms with van der Waals surface area (Å²) in [6, 6.07) is 5.49. The van der Waals surface area contributed by atoms with Crippen molar-refractivity contribution in [3.8, 4) is 0 Å². The van der Waals surface area contributed by atoms with Crippen molar-refractivity contribution in [2.24, 2.45) is 0 Å². The van der Waals surface area contributed by atoms with Crippen LogP contribution in [0.3, 0.4) is 0 Å². The van der Waals surface area contributed by atoms with Crippen LogP contribution in [0.2, 0.25) is 0 Å². The lowest BCUT2D eigenvalue weighted by Gasteiger charge is -2.18. The Hall–Kier alpha value is -1.59. The quantitative estimate of drug-likeness (QED) is 0.740. The maximum Gasteiger partial charge on any atom is 0.238 e. The highest BCUT2D eigenvalue weighted by atomic mass is 16.2. The number of carbonyl (C=O) groups is 1. The number of aryl methyl sites for hydroxylation is 1. The van der Waals surface area contributed by atoms with Gasteiger partial charge < -0.3 is 16.0 Å². The van der Waals surface area contributed by atoms with Crippen LogP contribution in [0.4, 0.5) is 11.4 Å². The molecule has 5 heteroatoms. The number of anilines is 2. The number of nitrogens with two attached hydrogens (primary N) is 1. The molecule has 0 radical (unpaired) electrons. The van der Waals surface area contributed by atoms with E-state index in [1.165, 1.54) is 0 Å². The number of carbonyl (C=O) groups excluding carboxylic acids is 1. The molecule has 1 amide bonds. The van der Waals surface area contributed by atoms with Gasteiger partial charge in [0, 0.05) is 11.4 Å². The molecule has 0 heterocycles. The summed E-state index contributed by atoms with van der Waals surface area (Å²) in [5.41, 5.74) is 8.21. The molecule has 3 N–H and O–H groups in total. The molecule has 0 aliphatic heterocycles. The van der Waals surface area contributed by atoms with Gasteiger partial charge in [-0.3, -0.25) is 9.69 Å². The first-order chi connectivity index (χ1) is 9.38. The molecule has 0 saturated heterocycles. The van der Waals surface area contributed by atoms with Crippen LogP contribution in [-0.2, 0) is 4.79 Å². The van der Waals surface area contributed by atoms with Crippen LogP contribution in [0, 0.1) is 6.92 Å². The number of nitrogens with one attached hydrogen (secondary N) is 1. The van der Waals surface area contributed by atoms with Crippen LogP contribution in [0.15, 0.2) is 18.2 Å². The molecule has 20 heavy (non-hydrogen) atoms. The molecule has 1 aromatic rings. The average Bonchev–Trinajstić information content (AvgIpc) is 2.32. The monoisotopic (exact) mass is 278 g/mol. The van der Waals surface area contributed by atoms with Crippen LogP contribution in [0.25, 0.3) is 0 Å². The second-order valence-corrected chi connectivity index (χ2v) is 5.52. The van der Waals surface area contributed by atoms with Crippen LogP contribution in [-0.4, -0.2) is 56.5 Å². The van der Waals surface area contributed by atoms with E-state index in [-0.39, 0.29) is 5.91 Å². The average molecular weight is 278 g/mol. The van der Waals surface area contributed by atoms with E-state index in [2.05, 4.69) is 24.3 Å². The van der Waals surface area contributed by atoms with Crippen molar-refractivity contribution in [2.75, 3.05) is 51.8 Å². The Morgan fingerprint density at radius 3 is 2.55 bits per heavy atom. The molecule has 5 nitrogen and oxygen atoms in total. The topological polar surface area (TPSA) is 61.6 Å². The molecule has 0 spiro atoms. The number of likely N-dealkylation sites (N-methyl/N-ethyl adjacent to an activating group) is 1. The third-order valence-electron chi connectivity index (χ3n) is 3.08. The number of hydrogen-bond donors (Lipinski definition) is 2. The lowest BCUT2D eigenvalue weighted by atomic mass is 10.2. The number of amides is 1. The summed E-state index contributed by atoms with van der Waals surface area (Å²) >= 11 is 0. The maximum absolute atomic E-state index is 12.0. The molecular weight excluding hydrogens is 252 g/mol. The SMILES string of the molecule is Cc1cc(N)ccc1NC(=O)CN(C)CCCN(C)C. The van der Waals surface area contributed by atoms with Crippen LogP contribution in [0.5, 0.6) is 0 Å². The molecule has 0 fully saturated rings. The van der Waals surface area contributed by atoms with Crippen LogP contribution in [0.1, 0.15) is 12.0 Å². The largest absolute Gasteiger partial charge is 0.399 e. The van der Waals surface area contributed by atoms with Gasteiger partial charge in [-0.15, -0.1) is 0 Å². The van der Waals surface area contributed by atoms with Crippen molar-refractivity contribution in [3.05, 3.63) is 23.8 Å². The van der Waals surface area contributed by atoms with Gasteiger partial charge in [0.1, 0.15) is 0 Å². The molecule has 0 aromatic heterocycles. The molecule has 0 bridgehead atoms. The van der Waals surface area contributed by atoms with Gasteiger partial charge >= 0.3 is 0 Å². The first-order valence-corrected chi connectivity index (χ1v) is 6.87. The van der Waals surface area contributed by atoms with Crippen molar-refractivity contribution in [1.82, 2.24) is 9.80 Å². The lowest BCUT2D eigenvalue weighted by Crippen LogP contribution is -2.32. The van der Waals surface area contributed by atoms with Crippen molar-refractivity contribution >= 4 is 17.3 Å². The predicted octanol–water partition coefficient (Wildman–Crippen LogP) is 1.40. The summed E-state index contributed by atoms with van der Waals surface area (Å²) in [7, 11) is 6.07. The molecular formula is C15H26N4O. The third-order valence-corrected chi connectivity index (χ3v) is 3.08. The number of rotatable bonds is 7. The van der Waals surface area contributed by atoms with E-state index in [0.717, 1.165) is 30.8 Å². The van der Waals surface area contributed by atoms with Gasteiger partial charge in [0.15, 0.2) is 0 Å². The Labute approximate surface area is 121 Å². The molecule has 0 atom stereocenters. The zero-order chi connectivity index (χ0) is 15.1. The maximum atomic E-state index is 12.0. The van der Waals surface area contributed by atoms with E-state index < -0.39 is 0 Å². The fourth-order valence-corrected chi connectivity index (χ4v) is 2.00. The number of hydrogen-bond acceptors (Lipinski definition) is 4. The number of benzene rings is 1. The standard InChI is InChI=1S/C15H26N4O/c1-12-10-13(16)6-7-14(12)17-15(20)11-19(4)9-5-8-18(2)3/h6-7,10H,5,8-9,11,16H2,1-4H3,(H,17,20). The lowest BCUT2D eigenvalue weighted by molar-refractivity contribution is -0.117. The van der Waals surface area contributed by atoms with E-state index in [1.807, 2.05) is 31.0 Å². The highest BCUT2D eigenvalue weighted by Crippen LogP contribution is 2.17. The summed E-state index contributed by atoms with van der Waals surface area (Å²) in [4.78, 5) is 16.1. The molecule has 0 unspecified atom stereocenters. The van der Waals surface area contributed by atoms with Crippen LogP contribution >= 0.6 is 0 Å². The molecule has 1 aromatic carbocycles. The van der Waals surface area contributed by atoms with E-state index >= 15 is 0 Å². The summed E-state index contributed by atoms with van der Waals surface area (Å²) in [5.74, 6) is 0.00484. The Balaban J connectivity index is 2.39. The van der Waals surface area contributed by atoms with E-state index in [9.17, 15) is 4.79 Å². The van der Waals surface area contributed by atoms with Gasteiger partial charge in [-0.1, -0.05) is 0 Å². The van der Waals surface area contributed by atoms with Crippen molar-refractivity contribution in [2.45, 2.75) is 13.3 Å². The molecule has 0 aliphatic rings. The summed E-state index contributed by atoms with van der Waals surface area (Å²) < 4.78 is 0. The fourth-order valence-electron chi connectivity index (χ4n) is 2.00. The van der Waals surface area contributed by atoms with Gasteiger partial charge in [0.05, 0.1) is 6.54 Å². The summed E-state index contributed by atoms with van der Waals surface area (Å²) in [5, 5.41) is 2.92. The second-order valence-electron chi connectivity index (χ2n) is 5.52. The Morgan fingerprint density at radius 1 is 1.25 bits per heavy atom. The van der Waals surface area contributed by atoms with Gasteiger partial charge in [0.25, 0.3) is 0 Å². The van der Waals surface area contributed by atoms with E-state index in [4.69, 9.17) is 5.73 Å². The number of nitrogens with zero attached hydrogens (tertiary/aromatic N) is 2. The zero-order valence-corrected chi connectivity index (χ0v) is 12.9. The first-order valence-electron chi connectivity index (χ1n) is 6.87. The zero-order valence-electron chi connectivity index (χ0n) is 12.9. The van der Waals surface area contributed by atoms with Crippen molar-refractivity contribution in [1.29, 1.82) is 0 Å². The molecule has 0 saturated carbocycles. The minimum Gasteiger partial charge on any atom is -0.399 e. The predicted molar refractivity (Wildman–Crippen MR) is 84.9 cm³/mol. The van der Waals surface area contributed by atoms with Gasteiger partial charge in [-0.2, -0.15) is 0 Å². The third kappa shape index (κ3) is 6.04. The highest BCUT2D eigenvalue weighted by Gasteiger charge is 2.08. The first kappa shape index (κ1) is 16.5. The van der Waals surface area contributed by atoms with Crippen molar-refractivity contribution in [3.63, 3.8) is 0 Å². The summed E-state index contributed by atoms with van der Waals surface area (Å²) in [6.45, 7) is 4.28. The Bertz CT molecular complexity index is 445. The van der Waals surface area contributed by atoms with Crippen molar-refractivity contribution < 1.29 is 4.79 Å².